The molecule has 0 saturated heterocycles. The zero-order chi connectivity index (χ0) is 22.1. The first kappa shape index (κ1) is 20.6. The van der Waals surface area contributed by atoms with Gasteiger partial charge in [0.2, 0.25) is 0 Å². The number of amides is 1. The Morgan fingerprint density at radius 2 is 2.03 bits per heavy atom. The Morgan fingerprint density at radius 3 is 2.71 bits per heavy atom. The van der Waals surface area contributed by atoms with Crippen LogP contribution in [0.5, 0.6) is 0 Å². The van der Waals surface area contributed by atoms with Crippen LogP contribution in [0.25, 0.3) is 10.6 Å². The number of benzene rings is 1. The summed E-state index contributed by atoms with van der Waals surface area (Å²) in [5.74, 6) is -1.76. The van der Waals surface area contributed by atoms with Crippen LogP contribution in [-0.4, -0.2) is 34.9 Å². The second-order valence-electron chi connectivity index (χ2n) is 6.66. The molecule has 0 atom stereocenters. The summed E-state index contributed by atoms with van der Waals surface area (Å²) in [6, 6.07) is 8.65. The standard InChI is InChI=1S/C21H16FN3O5S/c1-2-30-21(27)19-16(22)14-9-11-24(15-4-3-10-23-17(15)18(14)31-19)20(26)12-5-7-13(8-6-12)25(28)29/h3-8,10H,2,9,11H2,1H3. The number of aromatic nitrogens is 1. The highest BCUT2D eigenvalue weighted by atomic mass is 32.1. The Labute approximate surface area is 180 Å². The van der Waals surface area contributed by atoms with Gasteiger partial charge in [-0.1, -0.05) is 0 Å². The normalized spacial score (nSPS) is 12.5. The number of carbonyl (C=O) groups excluding carboxylic acids is 2. The predicted octanol–water partition coefficient (Wildman–Crippen LogP) is 4.24. The number of nitro groups is 1. The lowest BCUT2D eigenvalue weighted by Gasteiger charge is -2.22. The largest absolute Gasteiger partial charge is 0.462 e. The van der Waals surface area contributed by atoms with Gasteiger partial charge in [-0.2, -0.15) is 0 Å². The maximum atomic E-state index is 15.0. The lowest BCUT2D eigenvalue weighted by atomic mass is 10.1. The van der Waals surface area contributed by atoms with Crippen molar-refractivity contribution in [1.29, 1.82) is 0 Å². The summed E-state index contributed by atoms with van der Waals surface area (Å²) in [7, 11) is 0. The van der Waals surface area contributed by atoms with Gasteiger partial charge in [0.1, 0.15) is 10.6 Å². The van der Waals surface area contributed by atoms with Gasteiger partial charge < -0.3 is 9.64 Å². The third-order valence-electron chi connectivity index (χ3n) is 4.85. The maximum absolute atomic E-state index is 15.0. The monoisotopic (exact) mass is 441 g/mol. The summed E-state index contributed by atoms with van der Waals surface area (Å²) in [4.78, 5) is 41.8. The zero-order valence-corrected chi connectivity index (χ0v) is 17.1. The van der Waals surface area contributed by atoms with E-state index in [1.165, 1.54) is 35.4 Å². The van der Waals surface area contributed by atoms with Crippen LogP contribution in [0.15, 0.2) is 42.6 Å². The number of thiophene rings is 1. The minimum absolute atomic E-state index is 0.112. The summed E-state index contributed by atoms with van der Waals surface area (Å²) in [5, 5.41) is 10.9. The first-order valence-corrected chi connectivity index (χ1v) is 10.2. The van der Waals surface area contributed by atoms with Crippen LogP contribution >= 0.6 is 11.3 Å². The Balaban J connectivity index is 1.75. The number of pyridine rings is 1. The first-order valence-electron chi connectivity index (χ1n) is 9.42. The van der Waals surface area contributed by atoms with E-state index in [1.54, 1.807) is 19.1 Å². The maximum Gasteiger partial charge on any atom is 0.351 e. The van der Waals surface area contributed by atoms with Crippen LogP contribution in [0.1, 0.15) is 32.5 Å². The highest BCUT2D eigenvalue weighted by molar-refractivity contribution is 7.17. The van der Waals surface area contributed by atoms with Gasteiger partial charge in [-0.05, 0) is 37.6 Å². The molecule has 158 valence electrons. The molecule has 0 aliphatic carbocycles. The second-order valence-corrected chi connectivity index (χ2v) is 7.68. The Morgan fingerprint density at radius 1 is 1.29 bits per heavy atom. The lowest BCUT2D eigenvalue weighted by Crippen LogP contribution is -2.32. The van der Waals surface area contributed by atoms with Gasteiger partial charge in [-0.3, -0.25) is 19.9 Å². The summed E-state index contributed by atoms with van der Waals surface area (Å²) in [6.07, 6.45) is 1.70. The number of rotatable bonds is 4. The molecule has 1 aromatic carbocycles. The van der Waals surface area contributed by atoms with E-state index >= 15 is 4.39 Å². The van der Waals surface area contributed by atoms with E-state index in [0.29, 0.717) is 21.8 Å². The van der Waals surface area contributed by atoms with E-state index in [4.69, 9.17) is 4.74 Å². The smallest absolute Gasteiger partial charge is 0.351 e. The van der Waals surface area contributed by atoms with Gasteiger partial charge in [0.15, 0.2) is 5.82 Å². The molecule has 1 amide bonds. The first-order chi connectivity index (χ1) is 14.9. The average molecular weight is 441 g/mol. The van der Waals surface area contributed by atoms with E-state index in [1.807, 2.05) is 0 Å². The van der Waals surface area contributed by atoms with Crippen LogP contribution in [-0.2, 0) is 11.2 Å². The number of hydrogen-bond acceptors (Lipinski definition) is 7. The second kappa shape index (κ2) is 8.23. The fourth-order valence-corrected chi connectivity index (χ4v) is 4.54. The average Bonchev–Trinajstić information content (AvgIpc) is 3.01. The van der Waals surface area contributed by atoms with E-state index in [0.717, 1.165) is 11.3 Å². The van der Waals surface area contributed by atoms with Crippen molar-refractivity contribution in [2.24, 2.45) is 0 Å². The Hall–Kier alpha value is -3.66. The number of halogens is 1. The van der Waals surface area contributed by atoms with Crippen molar-refractivity contribution in [2.75, 3.05) is 18.1 Å². The molecule has 31 heavy (non-hydrogen) atoms. The molecule has 10 heteroatoms. The van der Waals surface area contributed by atoms with E-state index in [-0.39, 0.29) is 41.6 Å². The van der Waals surface area contributed by atoms with Crippen molar-refractivity contribution in [3.63, 3.8) is 0 Å². The highest BCUT2D eigenvalue weighted by Crippen LogP contribution is 2.42. The van der Waals surface area contributed by atoms with Gasteiger partial charge in [0.25, 0.3) is 11.6 Å². The molecule has 0 unspecified atom stereocenters. The molecule has 0 bridgehead atoms. The Kier molecular flexibility index (Phi) is 5.47. The number of carbonyl (C=O) groups is 2. The van der Waals surface area contributed by atoms with Crippen molar-refractivity contribution in [2.45, 2.75) is 13.3 Å². The SMILES string of the molecule is CCOC(=O)c1sc2c(c1F)CCN(C(=O)c1ccc([N+](=O)[O-])cc1)c1cccnc1-2. The molecule has 0 N–H and O–H groups in total. The number of esters is 1. The van der Waals surface area contributed by atoms with Crippen LogP contribution in [0.4, 0.5) is 15.8 Å². The predicted molar refractivity (Wildman–Crippen MR) is 112 cm³/mol. The molecule has 4 rings (SSSR count). The third-order valence-corrected chi connectivity index (χ3v) is 6.05. The lowest BCUT2D eigenvalue weighted by molar-refractivity contribution is -0.384. The van der Waals surface area contributed by atoms with Crippen molar-refractivity contribution < 1.29 is 23.6 Å². The molecule has 8 nitrogen and oxygen atoms in total. The minimum atomic E-state index is -0.727. The highest BCUT2D eigenvalue weighted by Gasteiger charge is 2.32. The van der Waals surface area contributed by atoms with E-state index < -0.39 is 16.7 Å². The Bertz CT molecular complexity index is 1190. The van der Waals surface area contributed by atoms with Crippen molar-refractivity contribution in [3.05, 3.63) is 74.5 Å². The molecular formula is C21H16FN3O5S. The van der Waals surface area contributed by atoms with Crippen molar-refractivity contribution in [1.82, 2.24) is 4.98 Å². The number of ether oxygens (including phenoxy) is 1. The number of nitrogens with zero attached hydrogens (tertiary/aromatic N) is 3. The van der Waals surface area contributed by atoms with Gasteiger partial charge in [-0.15, -0.1) is 11.3 Å². The molecule has 3 heterocycles. The van der Waals surface area contributed by atoms with E-state index in [9.17, 15) is 19.7 Å². The molecule has 3 aromatic rings. The van der Waals surface area contributed by atoms with Crippen LogP contribution in [0.3, 0.4) is 0 Å². The molecule has 1 aliphatic heterocycles. The van der Waals surface area contributed by atoms with Crippen LogP contribution < -0.4 is 4.90 Å². The number of nitro benzene ring substituents is 1. The van der Waals surface area contributed by atoms with Gasteiger partial charge in [0.05, 0.1) is 22.1 Å². The van der Waals surface area contributed by atoms with Crippen LogP contribution in [0.2, 0.25) is 0 Å². The van der Waals surface area contributed by atoms with E-state index in [2.05, 4.69) is 4.98 Å². The summed E-state index contributed by atoms with van der Waals surface area (Å²) < 4.78 is 20.0. The van der Waals surface area contributed by atoms with Crippen molar-refractivity contribution >= 4 is 34.6 Å². The molecule has 0 radical (unpaired) electrons. The minimum Gasteiger partial charge on any atom is -0.462 e. The summed E-state index contributed by atoms with van der Waals surface area (Å²) >= 11 is 0.956. The zero-order valence-electron chi connectivity index (χ0n) is 16.3. The molecule has 1 aliphatic rings. The summed E-state index contributed by atoms with van der Waals surface area (Å²) in [6.45, 7) is 1.93. The number of anilines is 1. The summed E-state index contributed by atoms with van der Waals surface area (Å²) in [5.41, 5.74) is 1.32. The van der Waals surface area contributed by atoms with Gasteiger partial charge in [-0.25, -0.2) is 9.18 Å². The molecular weight excluding hydrogens is 425 g/mol. The fourth-order valence-electron chi connectivity index (χ4n) is 3.41. The molecule has 0 saturated carbocycles. The third kappa shape index (κ3) is 3.66. The molecule has 2 aromatic heterocycles. The quantitative estimate of drug-likeness (QED) is 0.341. The van der Waals surface area contributed by atoms with Gasteiger partial charge >= 0.3 is 5.97 Å². The van der Waals surface area contributed by atoms with Crippen molar-refractivity contribution in [3.8, 4) is 10.6 Å². The van der Waals surface area contributed by atoms with Gasteiger partial charge in [0, 0.05) is 36.0 Å². The number of hydrogen-bond donors (Lipinski definition) is 0. The van der Waals surface area contributed by atoms with Crippen LogP contribution in [0, 0.1) is 15.9 Å². The number of non-ortho nitro benzene ring substituents is 1. The topological polar surface area (TPSA) is 103 Å². The molecule has 0 spiro atoms. The number of fused-ring (bicyclic) bond motifs is 3. The molecule has 0 fully saturated rings. The fraction of sp³-hybridized carbons (Fsp3) is 0.190.